The molecule has 0 unspecified atom stereocenters. The molecule has 0 amide bonds. The first kappa shape index (κ1) is 22.9. The number of carbonyl (C=O) groups is 2. The normalized spacial score (nSPS) is 49.7. The van der Waals surface area contributed by atoms with Crippen LogP contribution in [0.4, 0.5) is 0 Å². The maximum Gasteiger partial charge on any atom is 0.138 e. The van der Waals surface area contributed by atoms with Crippen molar-refractivity contribution in [2.24, 2.45) is 50.7 Å². The summed E-state index contributed by atoms with van der Waals surface area (Å²) in [5, 5.41) is 0. The van der Waals surface area contributed by atoms with E-state index in [0.717, 1.165) is 25.7 Å². The molecule has 0 bridgehead atoms. The van der Waals surface area contributed by atoms with Crippen LogP contribution in [0.25, 0.3) is 0 Å². The van der Waals surface area contributed by atoms with Crippen molar-refractivity contribution in [1.29, 1.82) is 0 Å². The first-order valence-electron chi connectivity index (χ1n) is 13.5. The molecule has 2 heteroatoms. The van der Waals surface area contributed by atoms with E-state index in [1.54, 1.807) is 5.57 Å². The molecule has 0 spiro atoms. The Balaban J connectivity index is 1.53. The number of hydrogen-bond donors (Lipinski definition) is 0. The quantitative estimate of drug-likeness (QED) is 0.366. The van der Waals surface area contributed by atoms with Gasteiger partial charge in [0.15, 0.2) is 0 Å². The zero-order valence-corrected chi connectivity index (χ0v) is 21.8. The summed E-state index contributed by atoms with van der Waals surface area (Å²) in [6.07, 6.45) is 13.8. The van der Waals surface area contributed by atoms with E-state index in [-0.39, 0.29) is 27.1 Å². The van der Waals surface area contributed by atoms with Crippen molar-refractivity contribution in [2.45, 2.75) is 113 Å². The second-order valence-electron chi connectivity index (χ2n) is 14.4. The van der Waals surface area contributed by atoms with Crippen LogP contribution in [0, 0.1) is 50.7 Å². The number of rotatable bonds is 0. The summed E-state index contributed by atoms with van der Waals surface area (Å²) < 4.78 is 0. The lowest BCUT2D eigenvalue weighted by Crippen LogP contribution is -2.56. The van der Waals surface area contributed by atoms with Gasteiger partial charge in [-0.2, -0.15) is 0 Å². The Kier molecular flexibility index (Phi) is 4.87. The van der Waals surface area contributed by atoms with Gasteiger partial charge in [0.2, 0.25) is 0 Å². The summed E-state index contributed by atoms with van der Waals surface area (Å²) in [6, 6.07) is 0. The highest BCUT2D eigenvalue weighted by atomic mass is 16.1. The molecule has 7 atom stereocenters. The lowest BCUT2D eigenvalue weighted by atomic mass is 9.42. The van der Waals surface area contributed by atoms with Crippen LogP contribution >= 0.6 is 0 Å². The van der Waals surface area contributed by atoms with Gasteiger partial charge >= 0.3 is 0 Å². The van der Waals surface area contributed by atoms with Crippen molar-refractivity contribution >= 4 is 11.6 Å². The van der Waals surface area contributed by atoms with E-state index in [1.807, 2.05) is 0 Å². The van der Waals surface area contributed by atoms with Gasteiger partial charge in [-0.15, -0.1) is 0 Å². The molecule has 5 rings (SSSR count). The SMILES string of the molecule is CC1(C)C(=O)CC[C@]2(C)[C@H]3CC[C@H]4C(=C[C@]3(C)CC[C@@H]12)CC[C@H]1C(C)(C)C(=O)CC[C@]41C. The molecule has 0 saturated heterocycles. The minimum absolute atomic E-state index is 0.174. The minimum atomic E-state index is -0.175. The van der Waals surface area contributed by atoms with Gasteiger partial charge in [0.05, 0.1) is 0 Å². The van der Waals surface area contributed by atoms with Gasteiger partial charge in [0.25, 0.3) is 0 Å². The van der Waals surface area contributed by atoms with E-state index in [1.165, 1.54) is 38.5 Å². The lowest BCUT2D eigenvalue weighted by molar-refractivity contribution is -0.156. The summed E-state index contributed by atoms with van der Waals surface area (Å²) in [6.45, 7) is 16.6. The van der Waals surface area contributed by atoms with Gasteiger partial charge in [-0.25, -0.2) is 0 Å². The molecule has 0 N–H and O–H groups in total. The van der Waals surface area contributed by atoms with E-state index in [9.17, 15) is 9.59 Å². The molecule has 4 fully saturated rings. The van der Waals surface area contributed by atoms with Crippen molar-refractivity contribution in [3.05, 3.63) is 11.6 Å². The van der Waals surface area contributed by atoms with E-state index in [2.05, 4.69) is 54.5 Å². The predicted octanol–water partition coefficient (Wildman–Crippen LogP) is 7.56. The van der Waals surface area contributed by atoms with Gasteiger partial charge in [0, 0.05) is 23.7 Å². The van der Waals surface area contributed by atoms with Crippen molar-refractivity contribution in [2.75, 3.05) is 0 Å². The molecule has 5 aliphatic carbocycles. The lowest BCUT2D eigenvalue weighted by Gasteiger charge is -2.61. The average Bonchev–Trinajstić information content (AvgIpc) is 2.86. The summed E-state index contributed by atoms with van der Waals surface area (Å²) in [5.41, 5.74) is 2.16. The van der Waals surface area contributed by atoms with Crippen LogP contribution in [0.2, 0.25) is 0 Å². The second-order valence-corrected chi connectivity index (χ2v) is 14.4. The first-order chi connectivity index (χ1) is 14.8. The zero-order chi connectivity index (χ0) is 23.3. The van der Waals surface area contributed by atoms with Crippen LogP contribution < -0.4 is 0 Å². The van der Waals surface area contributed by atoms with Crippen LogP contribution in [0.1, 0.15) is 113 Å². The molecule has 0 heterocycles. The molecule has 4 saturated carbocycles. The standard InChI is InChI=1S/C30H46O2/c1-26(2)21-10-8-19-18-28(5)15-12-22-27(3,4)25(32)14-17-30(22,7)23(28)11-9-20(19)29(21,6)16-13-24(26)31/h18,20-23H,8-17H2,1-7H3/t20-,21-,22-,23-,28-,29+,30-/m0/s1. The van der Waals surface area contributed by atoms with E-state index >= 15 is 0 Å². The maximum absolute atomic E-state index is 12.9. The van der Waals surface area contributed by atoms with Crippen molar-refractivity contribution in [3.8, 4) is 0 Å². The first-order valence-corrected chi connectivity index (χ1v) is 13.5. The Hall–Kier alpha value is -0.920. The van der Waals surface area contributed by atoms with Crippen LogP contribution in [0.3, 0.4) is 0 Å². The minimum Gasteiger partial charge on any atom is -0.299 e. The topological polar surface area (TPSA) is 34.1 Å². The van der Waals surface area contributed by atoms with Crippen molar-refractivity contribution < 1.29 is 9.59 Å². The number of ketones is 2. The Bertz CT molecular complexity index is 877. The van der Waals surface area contributed by atoms with Gasteiger partial charge in [-0.1, -0.05) is 60.1 Å². The number of carbonyl (C=O) groups excluding carboxylic acids is 2. The second kappa shape index (κ2) is 6.82. The zero-order valence-electron chi connectivity index (χ0n) is 21.8. The third-order valence-corrected chi connectivity index (χ3v) is 12.3. The molecular weight excluding hydrogens is 392 g/mol. The third-order valence-electron chi connectivity index (χ3n) is 12.3. The molecule has 0 radical (unpaired) electrons. The van der Waals surface area contributed by atoms with Crippen LogP contribution in [0.15, 0.2) is 11.6 Å². The molecule has 32 heavy (non-hydrogen) atoms. The Morgan fingerprint density at radius 2 is 1.19 bits per heavy atom. The summed E-state index contributed by atoms with van der Waals surface area (Å²) in [7, 11) is 0. The monoisotopic (exact) mass is 438 g/mol. The fourth-order valence-corrected chi connectivity index (χ4v) is 10.6. The van der Waals surface area contributed by atoms with E-state index in [4.69, 9.17) is 0 Å². The summed E-state index contributed by atoms with van der Waals surface area (Å²) in [5.74, 6) is 3.32. The highest BCUT2D eigenvalue weighted by Gasteiger charge is 2.62. The highest BCUT2D eigenvalue weighted by molar-refractivity contribution is 5.86. The summed E-state index contributed by atoms with van der Waals surface area (Å²) >= 11 is 0. The molecule has 0 aliphatic heterocycles. The highest BCUT2D eigenvalue weighted by Crippen LogP contribution is 2.68. The molecule has 178 valence electrons. The maximum atomic E-state index is 12.9. The number of allylic oxidation sites excluding steroid dienone is 2. The largest absolute Gasteiger partial charge is 0.299 e. The Labute approximate surface area is 196 Å². The number of Topliss-reactive ketones (excluding diaryl/α,β-unsaturated/α-hetero) is 2. The molecule has 0 aromatic rings. The number of hydrogen-bond acceptors (Lipinski definition) is 2. The van der Waals surface area contributed by atoms with Gasteiger partial charge in [-0.3, -0.25) is 9.59 Å². The van der Waals surface area contributed by atoms with E-state index in [0.29, 0.717) is 35.2 Å². The molecule has 0 aromatic heterocycles. The fourth-order valence-electron chi connectivity index (χ4n) is 10.6. The average molecular weight is 439 g/mol. The fraction of sp³-hybridized carbons (Fsp3) is 0.867. The molecule has 5 aliphatic rings. The van der Waals surface area contributed by atoms with E-state index < -0.39 is 0 Å². The van der Waals surface area contributed by atoms with Gasteiger partial charge < -0.3 is 0 Å². The van der Waals surface area contributed by atoms with Crippen LogP contribution in [-0.4, -0.2) is 11.6 Å². The molecular formula is C30H46O2. The van der Waals surface area contributed by atoms with Crippen LogP contribution in [-0.2, 0) is 9.59 Å². The van der Waals surface area contributed by atoms with Gasteiger partial charge in [-0.05, 0) is 91.3 Å². The Morgan fingerprint density at radius 1 is 0.625 bits per heavy atom. The van der Waals surface area contributed by atoms with Crippen molar-refractivity contribution in [1.82, 2.24) is 0 Å². The third kappa shape index (κ3) is 2.83. The Morgan fingerprint density at radius 3 is 1.81 bits per heavy atom. The number of fused-ring (bicyclic) bond motifs is 6. The summed E-state index contributed by atoms with van der Waals surface area (Å²) in [4.78, 5) is 25.7. The van der Waals surface area contributed by atoms with Crippen LogP contribution in [0.5, 0.6) is 0 Å². The van der Waals surface area contributed by atoms with Gasteiger partial charge in [0.1, 0.15) is 11.6 Å². The smallest absolute Gasteiger partial charge is 0.138 e. The molecule has 0 aromatic carbocycles. The van der Waals surface area contributed by atoms with Crippen molar-refractivity contribution in [3.63, 3.8) is 0 Å². The molecule has 2 nitrogen and oxygen atoms in total. The predicted molar refractivity (Wildman–Crippen MR) is 130 cm³/mol.